The Hall–Kier alpha value is -2.30. The van der Waals surface area contributed by atoms with E-state index >= 15 is 0 Å². The maximum atomic E-state index is 14.3. The first-order chi connectivity index (χ1) is 14.5. The van der Waals surface area contributed by atoms with Gasteiger partial charge in [-0.2, -0.15) is 13.2 Å². The van der Waals surface area contributed by atoms with Crippen molar-refractivity contribution in [3.63, 3.8) is 0 Å². The van der Waals surface area contributed by atoms with Crippen LogP contribution in [0.3, 0.4) is 0 Å². The van der Waals surface area contributed by atoms with Crippen LogP contribution in [0.15, 0.2) is 12.1 Å². The quantitative estimate of drug-likeness (QED) is 0.384. The van der Waals surface area contributed by atoms with E-state index in [1.807, 2.05) is 0 Å². The van der Waals surface area contributed by atoms with Crippen LogP contribution in [-0.4, -0.2) is 38.7 Å². The number of fused-ring (bicyclic) bond motifs is 1. The fraction of sp³-hybridized carbons (Fsp3) is 0.500. The molecule has 168 valence electrons. The van der Waals surface area contributed by atoms with Gasteiger partial charge in [-0.25, -0.2) is 13.2 Å². The van der Waals surface area contributed by atoms with Crippen molar-refractivity contribution in [2.24, 2.45) is 7.05 Å². The van der Waals surface area contributed by atoms with Crippen molar-refractivity contribution in [2.45, 2.75) is 50.4 Å². The second-order valence-corrected chi connectivity index (χ2v) is 8.33. The lowest BCUT2D eigenvalue weighted by Crippen LogP contribution is -2.45. The summed E-state index contributed by atoms with van der Waals surface area (Å²) in [6.07, 6.45) is -4.59. The molecule has 1 aromatic carbocycles. The van der Waals surface area contributed by atoms with E-state index in [-0.39, 0.29) is 43.5 Å². The van der Waals surface area contributed by atoms with Crippen LogP contribution in [0.4, 0.5) is 26.3 Å². The van der Waals surface area contributed by atoms with Crippen molar-refractivity contribution in [3.8, 4) is 0 Å². The highest BCUT2D eigenvalue weighted by Crippen LogP contribution is 2.37. The largest absolute Gasteiger partial charge is 0.408 e. The number of hydrogen-bond acceptors (Lipinski definition) is 2. The minimum atomic E-state index is -4.50. The number of benzene rings is 1. The van der Waals surface area contributed by atoms with E-state index in [4.69, 9.17) is 12.2 Å². The van der Waals surface area contributed by atoms with Gasteiger partial charge in [0.2, 0.25) is 5.91 Å². The zero-order chi connectivity index (χ0) is 22.7. The van der Waals surface area contributed by atoms with Gasteiger partial charge < -0.3 is 14.0 Å². The van der Waals surface area contributed by atoms with Crippen LogP contribution >= 0.6 is 12.2 Å². The standard InChI is InChI=1S/C20H19F6N3OS/c1-27-13(8-16(30)28-6-2-3-15(28)20(24,25)26)14-7-10(9-29(14)19(27)31)17-11(21)4-5-12(22)18(17)23/h4-5,10,15H,2-3,6-9H2,1H3/t10-,15+/m0/s1. The predicted molar refractivity (Wildman–Crippen MR) is 101 cm³/mol. The van der Waals surface area contributed by atoms with E-state index in [1.54, 1.807) is 11.6 Å². The summed E-state index contributed by atoms with van der Waals surface area (Å²) in [7, 11) is 1.60. The molecule has 4 rings (SSSR count). The van der Waals surface area contributed by atoms with E-state index in [1.165, 1.54) is 4.57 Å². The molecule has 2 atom stereocenters. The molecule has 11 heteroatoms. The molecule has 1 aromatic heterocycles. The summed E-state index contributed by atoms with van der Waals surface area (Å²) in [5.74, 6) is -4.73. The summed E-state index contributed by atoms with van der Waals surface area (Å²) in [5.41, 5.74) is 0.536. The van der Waals surface area contributed by atoms with Gasteiger partial charge in [-0.3, -0.25) is 4.79 Å². The first-order valence-corrected chi connectivity index (χ1v) is 10.2. The molecule has 31 heavy (non-hydrogen) atoms. The summed E-state index contributed by atoms with van der Waals surface area (Å²) >= 11 is 5.36. The SMILES string of the molecule is Cn1c(CC(=O)N2CCC[C@@H]2C(F)(F)F)c2n(c1=S)C[C@@H](c1c(F)ccc(F)c1F)C2. The predicted octanol–water partition coefficient (Wildman–Crippen LogP) is 4.41. The molecule has 3 heterocycles. The lowest BCUT2D eigenvalue weighted by molar-refractivity contribution is -0.182. The van der Waals surface area contributed by atoms with Crippen LogP contribution in [0.5, 0.6) is 0 Å². The number of rotatable bonds is 3. The number of carbonyl (C=O) groups is 1. The maximum Gasteiger partial charge on any atom is 0.408 e. The van der Waals surface area contributed by atoms with Crippen molar-refractivity contribution >= 4 is 18.1 Å². The molecule has 0 spiro atoms. The van der Waals surface area contributed by atoms with Crippen molar-refractivity contribution in [1.29, 1.82) is 0 Å². The molecule has 2 aromatic rings. The van der Waals surface area contributed by atoms with Gasteiger partial charge in [0.1, 0.15) is 11.9 Å². The number of likely N-dealkylation sites (tertiary alicyclic amines) is 1. The second-order valence-electron chi connectivity index (χ2n) is 7.97. The zero-order valence-electron chi connectivity index (χ0n) is 16.5. The number of carbonyl (C=O) groups excluding carboxylic acids is 1. The molecule has 0 saturated carbocycles. The molecule has 0 unspecified atom stereocenters. The summed E-state index contributed by atoms with van der Waals surface area (Å²) in [6.45, 7) is 0.105. The van der Waals surface area contributed by atoms with E-state index in [2.05, 4.69) is 0 Å². The van der Waals surface area contributed by atoms with Gasteiger partial charge in [0.25, 0.3) is 0 Å². The molecule has 0 N–H and O–H groups in total. The molecular formula is C20H19F6N3OS. The number of hydrogen-bond donors (Lipinski definition) is 0. The number of nitrogens with zero attached hydrogens (tertiary/aromatic N) is 3. The fourth-order valence-electron chi connectivity index (χ4n) is 4.68. The molecule has 1 saturated heterocycles. The maximum absolute atomic E-state index is 14.3. The number of imidazole rings is 1. The molecule has 1 fully saturated rings. The average Bonchev–Trinajstić information content (AvgIpc) is 3.39. The highest BCUT2D eigenvalue weighted by atomic mass is 32.1. The van der Waals surface area contributed by atoms with Crippen LogP contribution in [0, 0.1) is 22.2 Å². The lowest BCUT2D eigenvalue weighted by Gasteiger charge is -2.26. The molecule has 0 aliphatic carbocycles. The van der Waals surface area contributed by atoms with Gasteiger partial charge in [0, 0.05) is 43.0 Å². The Kier molecular flexibility index (Phi) is 5.43. The molecule has 0 radical (unpaired) electrons. The topological polar surface area (TPSA) is 30.2 Å². The Labute approximate surface area is 179 Å². The first kappa shape index (κ1) is 21.9. The summed E-state index contributed by atoms with van der Waals surface area (Å²) in [5, 5.41) is 0. The monoisotopic (exact) mass is 463 g/mol. The van der Waals surface area contributed by atoms with Crippen LogP contribution in [0.1, 0.15) is 35.7 Å². The normalized spacial score (nSPS) is 21.1. The van der Waals surface area contributed by atoms with Gasteiger partial charge in [0.15, 0.2) is 16.4 Å². The zero-order valence-corrected chi connectivity index (χ0v) is 17.3. The first-order valence-electron chi connectivity index (χ1n) is 9.77. The second kappa shape index (κ2) is 7.68. The lowest BCUT2D eigenvalue weighted by atomic mass is 9.95. The molecule has 0 bridgehead atoms. The third-order valence-corrected chi connectivity index (χ3v) is 6.68. The number of alkyl halides is 3. The minimum absolute atomic E-state index is 0.0197. The summed E-state index contributed by atoms with van der Waals surface area (Å²) in [6, 6.07) is -0.253. The smallest absolute Gasteiger partial charge is 0.330 e. The molecule has 2 aliphatic rings. The third-order valence-electron chi connectivity index (χ3n) is 6.18. The Balaban J connectivity index is 1.63. The Bertz CT molecular complexity index is 1110. The highest BCUT2D eigenvalue weighted by molar-refractivity contribution is 7.71. The van der Waals surface area contributed by atoms with Crippen LogP contribution in [-0.2, 0) is 31.2 Å². The van der Waals surface area contributed by atoms with Crippen molar-refractivity contribution in [2.75, 3.05) is 6.54 Å². The highest BCUT2D eigenvalue weighted by Gasteiger charge is 2.47. The molecule has 2 aliphatic heterocycles. The van der Waals surface area contributed by atoms with Crippen molar-refractivity contribution in [1.82, 2.24) is 14.0 Å². The van der Waals surface area contributed by atoms with E-state index < -0.39 is 47.1 Å². The van der Waals surface area contributed by atoms with E-state index in [0.29, 0.717) is 17.5 Å². The minimum Gasteiger partial charge on any atom is -0.330 e. The van der Waals surface area contributed by atoms with Gasteiger partial charge >= 0.3 is 6.18 Å². The molecule has 4 nitrogen and oxygen atoms in total. The molecular weight excluding hydrogens is 444 g/mol. The summed E-state index contributed by atoms with van der Waals surface area (Å²) < 4.78 is 85.3. The number of amides is 1. The van der Waals surface area contributed by atoms with Gasteiger partial charge in [-0.15, -0.1) is 0 Å². The van der Waals surface area contributed by atoms with E-state index in [9.17, 15) is 31.1 Å². The Morgan fingerprint density at radius 1 is 1.19 bits per heavy atom. The number of aromatic nitrogens is 2. The van der Waals surface area contributed by atoms with Crippen molar-refractivity contribution < 1.29 is 31.1 Å². The van der Waals surface area contributed by atoms with Gasteiger partial charge in [0.05, 0.1) is 6.42 Å². The van der Waals surface area contributed by atoms with E-state index in [0.717, 1.165) is 11.0 Å². The number of halogens is 6. The fourth-order valence-corrected chi connectivity index (χ4v) is 4.97. The van der Waals surface area contributed by atoms with Gasteiger partial charge in [-0.1, -0.05) is 0 Å². The van der Waals surface area contributed by atoms with Crippen molar-refractivity contribution in [3.05, 3.63) is 51.3 Å². The Morgan fingerprint density at radius 3 is 2.55 bits per heavy atom. The van der Waals surface area contributed by atoms with Gasteiger partial charge in [-0.05, 0) is 43.6 Å². The van der Waals surface area contributed by atoms with Crippen LogP contribution < -0.4 is 0 Å². The Morgan fingerprint density at radius 2 is 1.87 bits per heavy atom. The molecule has 1 amide bonds. The van der Waals surface area contributed by atoms with Crippen LogP contribution in [0.2, 0.25) is 0 Å². The summed E-state index contributed by atoms with van der Waals surface area (Å²) in [4.78, 5) is 13.6. The van der Waals surface area contributed by atoms with Crippen LogP contribution in [0.25, 0.3) is 0 Å². The third kappa shape index (κ3) is 3.66. The average molecular weight is 463 g/mol.